The third kappa shape index (κ3) is 9.71. The zero-order valence-electron chi connectivity index (χ0n) is 33.4. The normalized spacial score (nSPS) is 10.4. The van der Waals surface area contributed by atoms with E-state index in [1.165, 1.54) is 97.5 Å². The van der Waals surface area contributed by atoms with Gasteiger partial charge in [0.1, 0.15) is 0 Å². The molecule has 0 aliphatic rings. The van der Waals surface area contributed by atoms with Crippen LogP contribution >= 0.6 is 0 Å². The monoisotopic (exact) mass is 838 g/mol. The molecule has 2 heteroatoms. The molecule has 0 bridgehead atoms. The molecule has 10 rings (SSSR count). The molecule has 0 aliphatic heterocycles. The first-order valence-electron chi connectivity index (χ1n) is 19.9. The molecule has 0 unspecified atom stereocenters. The van der Waals surface area contributed by atoms with E-state index in [9.17, 15) is 0 Å². The maximum atomic E-state index is 4.53. The van der Waals surface area contributed by atoms with Crippen LogP contribution in [0.3, 0.4) is 0 Å². The van der Waals surface area contributed by atoms with Crippen LogP contribution < -0.4 is 0 Å². The summed E-state index contributed by atoms with van der Waals surface area (Å²) < 4.78 is 0. The number of aryl methyl sites for hydroxylation is 2. The number of hydrogen-bond donors (Lipinski definition) is 0. The van der Waals surface area contributed by atoms with E-state index >= 15 is 0 Å². The van der Waals surface area contributed by atoms with E-state index in [0.717, 1.165) is 12.8 Å². The van der Waals surface area contributed by atoms with Crippen molar-refractivity contribution < 1.29 is 26.2 Å². The summed E-state index contributed by atoms with van der Waals surface area (Å²) in [5.74, 6) is 0. The predicted octanol–water partition coefficient (Wildman–Crippen LogP) is 14.1. The van der Waals surface area contributed by atoms with Crippen molar-refractivity contribution in [1.82, 2.24) is 0 Å². The quantitative estimate of drug-likeness (QED) is 0.116. The van der Waals surface area contributed by atoms with Crippen molar-refractivity contribution in [2.75, 3.05) is 0 Å². The van der Waals surface area contributed by atoms with Gasteiger partial charge in [0, 0.05) is 0 Å². The molecule has 0 saturated heterocycles. The Morgan fingerprint density at radius 3 is 1.12 bits per heavy atom. The van der Waals surface area contributed by atoms with E-state index in [1.807, 2.05) is 12.1 Å². The SMILES string of the molecule is CCc1cc2c(-c3cccc4ccccc34)cccc2[cH-]1.CCc1cc2c(-c3cccc4ccccc34)cccc2[cH-]1.[CH-]=[SiH2].[Zr+4].c1ccc([CH-]c2ccccc2)cc1. The Labute approximate surface area is 366 Å². The molecule has 0 radical (unpaired) electrons. The summed E-state index contributed by atoms with van der Waals surface area (Å²) in [5, 5.41) is 10.7. The molecule has 0 amide bonds. The van der Waals surface area contributed by atoms with Crippen molar-refractivity contribution in [1.29, 1.82) is 0 Å². The van der Waals surface area contributed by atoms with Crippen molar-refractivity contribution in [3.63, 3.8) is 0 Å². The van der Waals surface area contributed by atoms with Crippen molar-refractivity contribution in [2.45, 2.75) is 26.7 Å². The fourth-order valence-corrected chi connectivity index (χ4v) is 7.68. The largest absolute Gasteiger partial charge is 4.00 e. The molecule has 280 valence electrons. The molecule has 0 atom stereocenters. The second kappa shape index (κ2) is 20.7. The summed E-state index contributed by atoms with van der Waals surface area (Å²) in [7, 11) is 1.36. The summed E-state index contributed by atoms with van der Waals surface area (Å²) >= 11 is 0. The number of rotatable bonds is 6. The van der Waals surface area contributed by atoms with Gasteiger partial charge in [-0.3, -0.25) is 0 Å². The zero-order chi connectivity index (χ0) is 39.4. The molecular weight excluding hydrogens is 792 g/mol. The number of benzene rings is 8. The van der Waals surface area contributed by atoms with E-state index < -0.39 is 0 Å². The Kier molecular flexibility index (Phi) is 15.0. The van der Waals surface area contributed by atoms with Crippen LogP contribution in [0, 0.1) is 6.42 Å². The third-order valence-electron chi connectivity index (χ3n) is 10.5. The summed E-state index contributed by atoms with van der Waals surface area (Å²) in [6.07, 6.45) is 8.87. The molecule has 0 heterocycles. The first-order chi connectivity index (χ1) is 28.2. The molecule has 0 saturated carbocycles. The van der Waals surface area contributed by atoms with Crippen molar-refractivity contribution in [3.8, 4) is 22.3 Å². The van der Waals surface area contributed by atoms with Crippen LogP contribution in [-0.2, 0) is 39.0 Å². The van der Waals surface area contributed by atoms with Crippen molar-refractivity contribution >= 4 is 59.1 Å². The molecule has 10 aromatic rings. The van der Waals surface area contributed by atoms with Gasteiger partial charge in [-0.1, -0.05) is 158 Å². The van der Waals surface area contributed by atoms with E-state index in [2.05, 4.69) is 221 Å². The number of fused-ring (bicyclic) bond motifs is 4. The Balaban J connectivity index is 0.000000146. The van der Waals surface area contributed by atoms with Crippen LogP contribution in [0.5, 0.6) is 0 Å². The van der Waals surface area contributed by atoms with Crippen molar-refractivity contribution in [2.24, 2.45) is 0 Å². The van der Waals surface area contributed by atoms with Gasteiger partial charge < -0.3 is 6.17 Å². The summed E-state index contributed by atoms with van der Waals surface area (Å²) in [4.78, 5) is 0. The molecule has 0 aliphatic carbocycles. The second-order valence-electron chi connectivity index (χ2n) is 14.1. The Hall–Kier alpha value is -5.66. The van der Waals surface area contributed by atoms with Crippen molar-refractivity contribution in [3.05, 3.63) is 235 Å². The molecule has 0 nitrogen and oxygen atoms in total. The fourth-order valence-electron chi connectivity index (χ4n) is 7.68. The molecule has 58 heavy (non-hydrogen) atoms. The van der Waals surface area contributed by atoms with Crippen LogP contribution in [0.25, 0.3) is 65.3 Å². The molecule has 0 N–H and O–H groups in total. The van der Waals surface area contributed by atoms with Gasteiger partial charge in [-0.15, -0.1) is 111 Å². The minimum atomic E-state index is 0. The topological polar surface area (TPSA) is 0 Å². The Morgan fingerprint density at radius 2 is 0.724 bits per heavy atom. The van der Waals surface area contributed by atoms with Crippen LogP contribution in [0.1, 0.15) is 36.1 Å². The molecular formula is C56H48SiZr. The molecule has 0 spiro atoms. The van der Waals surface area contributed by atoms with Crippen LogP contribution in [0.4, 0.5) is 0 Å². The van der Waals surface area contributed by atoms with E-state index in [-0.39, 0.29) is 26.2 Å². The Morgan fingerprint density at radius 1 is 0.397 bits per heavy atom. The predicted molar refractivity (Wildman–Crippen MR) is 254 cm³/mol. The van der Waals surface area contributed by atoms with Gasteiger partial charge in [0.2, 0.25) is 0 Å². The minimum absolute atomic E-state index is 0. The van der Waals surface area contributed by atoms with Gasteiger partial charge in [-0.25, -0.2) is 9.85 Å². The number of hydrogen-bond acceptors (Lipinski definition) is 0. The average molecular weight is 840 g/mol. The van der Waals surface area contributed by atoms with Crippen LogP contribution in [0.15, 0.2) is 206 Å². The van der Waals surface area contributed by atoms with Gasteiger partial charge >= 0.3 is 26.2 Å². The maximum Gasteiger partial charge on any atom is 4.00 e. The standard InChI is InChI=1S/2C21H17.C13H11.CH3Si.Zr/c2*1-2-15-13-17-9-6-12-20(21(17)14-15)19-11-5-8-16-7-3-4-10-18(16)19;1-3-7-12(8-4-1)11-13-9-5-2-6-10-13;1-2;/h2*3-14H,2H2,1H3;1-11H;1H,2H2;/q4*-1;+4. The summed E-state index contributed by atoms with van der Waals surface area (Å²) in [6, 6.07) is 73.6. The second-order valence-corrected chi connectivity index (χ2v) is 14.1. The van der Waals surface area contributed by atoms with E-state index in [0.29, 0.717) is 0 Å². The molecule has 0 aromatic heterocycles. The van der Waals surface area contributed by atoms with Crippen LogP contribution in [-0.4, -0.2) is 16.0 Å². The summed E-state index contributed by atoms with van der Waals surface area (Å²) in [6.45, 7) is 4.43. The smallest absolute Gasteiger partial charge is 0.533 e. The Bertz CT molecular complexity index is 2620. The van der Waals surface area contributed by atoms with Gasteiger partial charge in [0.05, 0.1) is 0 Å². The summed E-state index contributed by atoms with van der Waals surface area (Å²) in [5.41, 5.74) is 10.6. The first kappa shape index (κ1) is 42.0. The molecule has 0 fully saturated rings. The first-order valence-corrected chi connectivity index (χ1v) is 20.7. The minimum Gasteiger partial charge on any atom is -0.533 e. The van der Waals surface area contributed by atoms with Gasteiger partial charge in [0.25, 0.3) is 0 Å². The van der Waals surface area contributed by atoms with E-state index in [1.54, 1.807) is 0 Å². The molecule has 10 aromatic carbocycles. The van der Waals surface area contributed by atoms with Gasteiger partial charge in [-0.2, -0.15) is 12.1 Å². The fraction of sp³-hybridized carbons (Fsp3) is 0.0714. The van der Waals surface area contributed by atoms with E-state index in [4.69, 9.17) is 0 Å². The third-order valence-corrected chi connectivity index (χ3v) is 10.5. The van der Waals surface area contributed by atoms with Crippen LogP contribution in [0.2, 0.25) is 0 Å². The van der Waals surface area contributed by atoms with Gasteiger partial charge in [0.15, 0.2) is 0 Å². The average Bonchev–Trinajstić information content (AvgIpc) is 3.93. The maximum absolute atomic E-state index is 4.53. The van der Waals surface area contributed by atoms with Gasteiger partial charge in [-0.05, 0) is 45.5 Å². The zero-order valence-corrected chi connectivity index (χ0v) is 37.3.